The molecular weight excluding hydrogens is 516 g/mol. The lowest BCUT2D eigenvalue weighted by Crippen LogP contribution is -2.40. The summed E-state index contributed by atoms with van der Waals surface area (Å²) in [6.45, 7) is 4.49. The van der Waals surface area contributed by atoms with Gasteiger partial charge in [0.25, 0.3) is 0 Å². The van der Waals surface area contributed by atoms with E-state index in [9.17, 15) is 9.90 Å². The third-order valence-electron chi connectivity index (χ3n) is 8.18. The Hall–Kier alpha value is -2.15. The minimum atomic E-state index is -0.444. The zero-order chi connectivity index (χ0) is 27.1. The number of primary amides is 1. The van der Waals surface area contributed by atoms with Crippen molar-refractivity contribution in [3.05, 3.63) is 70.8 Å². The molecule has 2 aliphatic rings. The number of halogens is 1. The smallest absolute Gasteiger partial charge is 0.248 e. The molecule has 3 N–H and O–H groups in total. The van der Waals surface area contributed by atoms with Crippen LogP contribution in [0, 0.1) is 23.7 Å². The van der Waals surface area contributed by atoms with Crippen molar-refractivity contribution in [3.8, 4) is 5.75 Å². The average Bonchev–Trinajstić information content (AvgIpc) is 3.07. The van der Waals surface area contributed by atoms with Crippen molar-refractivity contribution in [2.45, 2.75) is 51.6 Å². The first-order valence-corrected chi connectivity index (χ1v) is 14.9. The quantitative estimate of drug-likeness (QED) is 0.216. The van der Waals surface area contributed by atoms with Crippen LogP contribution in [-0.4, -0.2) is 42.6 Å². The number of hydrogen-bond acceptors (Lipinski definition) is 5. The number of benzene rings is 2. The zero-order valence-corrected chi connectivity index (χ0v) is 23.9. The summed E-state index contributed by atoms with van der Waals surface area (Å²) in [4.78, 5) is 14.4. The standard InChI is InChI=1S/C31H41ClN2O3S/c1-21(20-38)29(35)10-4-8-24-11-12-26(24)18-34-17-23(7-2-5-22-6-3-9-27(32)15-22)19-37-30-14-13-25(31(33)36)16-28(30)34/h3-4,6,9-10,13-16,21,23-24,26,29,35,38H,2,5,7-8,11-12,17-20H2,1H3,(H2,33,36)/b10-4+/t21-,23?,24-,26+,29?/m1/s1. The van der Waals surface area contributed by atoms with Crippen LogP contribution >= 0.6 is 24.2 Å². The molecule has 1 aliphatic carbocycles. The molecule has 2 aromatic carbocycles. The first-order valence-electron chi connectivity index (χ1n) is 13.9. The molecule has 0 aromatic heterocycles. The molecule has 2 unspecified atom stereocenters. The molecule has 206 valence electrons. The lowest BCUT2D eigenvalue weighted by Gasteiger charge is -2.41. The minimum Gasteiger partial charge on any atom is -0.491 e. The number of nitrogens with zero attached hydrogens (tertiary/aromatic N) is 1. The van der Waals surface area contributed by atoms with Crippen molar-refractivity contribution in [3.63, 3.8) is 0 Å². The van der Waals surface area contributed by atoms with Gasteiger partial charge in [-0.3, -0.25) is 4.79 Å². The highest BCUT2D eigenvalue weighted by molar-refractivity contribution is 7.80. The predicted molar refractivity (Wildman–Crippen MR) is 160 cm³/mol. The largest absolute Gasteiger partial charge is 0.491 e. The van der Waals surface area contributed by atoms with Crippen LogP contribution in [0.4, 0.5) is 5.69 Å². The van der Waals surface area contributed by atoms with Gasteiger partial charge in [0.2, 0.25) is 5.91 Å². The van der Waals surface area contributed by atoms with Crippen molar-refractivity contribution in [1.82, 2.24) is 0 Å². The monoisotopic (exact) mass is 556 g/mol. The summed E-state index contributed by atoms with van der Waals surface area (Å²) in [5.74, 6) is 2.77. The SMILES string of the molecule is C[C@H](CS)C(O)/C=C/C[C@@H]1CC[C@H]1CN1CC(CCCc2cccc(Cl)c2)COc2ccc(C(N)=O)cc21. The van der Waals surface area contributed by atoms with Crippen molar-refractivity contribution < 1.29 is 14.6 Å². The van der Waals surface area contributed by atoms with Crippen LogP contribution in [0.1, 0.15) is 54.9 Å². The summed E-state index contributed by atoms with van der Waals surface area (Å²) in [5, 5.41) is 11.0. The molecule has 1 fully saturated rings. The second kappa shape index (κ2) is 13.8. The summed E-state index contributed by atoms with van der Waals surface area (Å²) in [7, 11) is 0. The van der Waals surface area contributed by atoms with Gasteiger partial charge >= 0.3 is 0 Å². The highest BCUT2D eigenvalue weighted by atomic mass is 35.5. The predicted octanol–water partition coefficient (Wildman–Crippen LogP) is 6.18. The molecule has 7 heteroatoms. The van der Waals surface area contributed by atoms with E-state index in [4.69, 9.17) is 22.1 Å². The fraction of sp³-hybridized carbons (Fsp3) is 0.516. The third kappa shape index (κ3) is 7.71. The summed E-state index contributed by atoms with van der Waals surface area (Å²) in [5.41, 5.74) is 8.36. The Morgan fingerprint density at radius 2 is 2.08 bits per heavy atom. The molecule has 1 amide bonds. The fourth-order valence-corrected chi connectivity index (χ4v) is 5.94. The minimum absolute atomic E-state index is 0.149. The molecule has 0 spiro atoms. The molecule has 5 atom stereocenters. The van der Waals surface area contributed by atoms with Gasteiger partial charge in [-0.25, -0.2) is 0 Å². The second-order valence-electron chi connectivity index (χ2n) is 11.1. The topological polar surface area (TPSA) is 75.8 Å². The molecule has 2 aromatic rings. The van der Waals surface area contributed by atoms with Gasteiger partial charge in [0.05, 0.1) is 18.4 Å². The van der Waals surface area contributed by atoms with Gasteiger partial charge in [0.15, 0.2) is 0 Å². The Balaban J connectivity index is 1.42. The summed E-state index contributed by atoms with van der Waals surface area (Å²) < 4.78 is 6.27. The molecule has 0 bridgehead atoms. The van der Waals surface area contributed by atoms with Crippen LogP contribution in [0.2, 0.25) is 5.02 Å². The van der Waals surface area contributed by atoms with Gasteiger partial charge in [-0.1, -0.05) is 42.8 Å². The highest BCUT2D eigenvalue weighted by Crippen LogP contribution is 2.41. The lowest BCUT2D eigenvalue weighted by molar-refractivity contribution is 0.1000. The number of aryl methyl sites for hydroxylation is 1. The molecule has 4 rings (SSSR count). The van der Waals surface area contributed by atoms with E-state index in [1.54, 1.807) is 6.07 Å². The van der Waals surface area contributed by atoms with E-state index in [1.165, 1.54) is 18.4 Å². The van der Waals surface area contributed by atoms with E-state index in [1.807, 2.05) is 43.3 Å². The van der Waals surface area contributed by atoms with E-state index in [-0.39, 0.29) is 5.92 Å². The number of hydrogen-bond donors (Lipinski definition) is 3. The fourth-order valence-electron chi connectivity index (χ4n) is 5.51. The molecule has 1 saturated carbocycles. The van der Waals surface area contributed by atoms with E-state index in [2.05, 4.69) is 29.7 Å². The van der Waals surface area contributed by atoms with Crippen LogP contribution in [0.25, 0.3) is 0 Å². The van der Waals surface area contributed by atoms with E-state index < -0.39 is 12.0 Å². The van der Waals surface area contributed by atoms with Crippen molar-refractivity contribution in [2.75, 3.05) is 30.3 Å². The summed E-state index contributed by atoms with van der Waals surface area (Å²) in [6.07, 6.45) is 10.1. The van der Waals surface area contributed by atoms with Gasteiger partial charge in [0.1, 0.15) is 5.75 Å². The first-order chi connectivity index (χ1) is 18.3. The van der Waals surface area contributed by atoms with Crippen LogP contribution in [0.5, 0.6) is 5.75 Å². The molecule has 38 heavy (non-hydrogen) atoms. The number of ether oxygens (including phenoxy) is 1. The number of allylic oxidation sites excluding steroid dienone is 1. The van der Waals surface area contributed by atoms with Gasteiger partial charge in [-0.15, -0.1) is 0 Å². The number of aliphatic hydroxyl groups excluding tert-OH is 1. The van der Waals surface area contributed by atoms with Crippen molar-refractivity contribution in [1.29, 1.82) is 0 Å². The molecule has 1 aliphatic heterocycles. The number of fused-ring (bicyclic) bond motifs is 1. The van der Waals surface area contributed by atoms with Crippen LogP contribution in [0.3, 0.4) is 0 Å². The molecule has 5 nitrogen and oxygen atoms in total. The summed E-state index contributed by atoms with van der Waals surface area (Å²) in [6, 6.07) is 13.6. The van der Waals surface area contributed by atoms with E-state index in [0.29, 0.717) is 35.7 Å². The highest BCUT2D eigenvalue weighted by Gasteiger charge is 2.34. The Morgan fingerprint density at radius 3 is 2.79 bits per heavy atom. The molecule has 1 heterocycles. The van der Waals surface area contributed by atoms with E-state index >= 15 is 0 Å². The summed E-state index contributed by atoms with van der Waals surface area (Å²) >= 11 is 10.5. The number of aliphatic hydroxyl groups is 1. The third-order valence-corrected chi connectivity index (χ3v) is 8.99. The number of thiol groups is 1. The maximum Gasteiger partial charge on any atom is 0.248 e. The van der Waals surface area contributed by atoms with E-state index in [0.717, 1.165) is 55.2 Å². The Morgan fingerprint density at radius 1 is 1.26 bits per heavy atom. The van der Waals surface area contributed by atoms with Crippen LogP contribution in [-0.2, 0) is 6.42 Å². The lowest BCUT2D eigenvalue weighted by atomic mass is 9.71. The second-order valence-corrected chi connectivity index (χ2v) is 11.9. The number of amides is 1. The average molecular weight is 557 g/mol. The van der Waals surface area contributed by atoms with Crippen molar-refractivity contribution >= 4 is 35.8 Å². The maximum absolute atomic E-state index is 11.9. The Kier molecular flexibility index (Phi) is 10.5. The maximum atomic E-state index is 11.9. The van der Waals surface area contributed by atoms with Crippen molar-refractivity contribution in [2.24, 2.45) is 29.4 Å². The Labute approximate surface area is 237 Å². The van der Waals surface area contributed by atoms with Gasteiger partial charge in [-0.05, 0) is 97.9 Å². The number of rotatable bonds is 12. The zero-order valence-electron chi connectivity index (χ0n) is 22.3. The van der Waals surface area contributed by atoms with Crippen LogP contribution < -0.4 is 15.4 Å². The number of carbonyl (C=O) groups is 1. The molecule has 0 saturated heterocycles. The first kappa shape index (κ1) is 28.8. The number of anilines is 1. The number of nitrogens with two attached hydrogens (primary N) is 1. The van der Waals surface area contributed by atoms with Gasteiger partial charge in [-0.2, -0.15) is 12.6 Å². The van der Waals surface area contributed by atoms with Crippen LogP contribution in [0.15, 0.2) is 54.6 Å². The molecule has 0 radical (unpaired) electrons. The Bertz CT molecular complexity index is 1110. The molecular formula is C31H41ClN2O3S. The normalized spacial score (nSPS) is 22.7. The van der Waals surface area contributed by atoms with Gasteiger partial charge < -0.3 is 20.5 Å². The van der Waals surface area contributed by atoms with Gasteiger partial charge in [0, 0.05) is 29.6 Å². The number of carbonyl (C=O) groups excluding carboxylic acids is 1.